The van der Waals surface area contributed by atoms with Crippen LogP contribution in [-0.4, -0.2) is 27.7 Å². The molecular weight excluding hydrogens is 340 g/mol. The quantitative estimate of drug-likeness (QED) is 0.583. The number of hydrogen-bond donors (Lipinski definition) is 1. The van der Waals surface area contributed by atoms with E-state index in [9.17, 15) is 4.79 Å². The summed E-state index contributed by atoms with van der Waals surface area (Å²) in [4.78, 5) is 15.3. The fourth-order valence-electron chi connectivity index (χ4n) is 2.81. The number of aromatic carboxylic acids is 1. The van der Waals surface area contributed by atoms with E-state index in [0.29, 0.717) is 6.54 Å². The van der Waals surface area contributed by atoms with Gasteiger partial charge >= 0.3 is 5.97 Å². The van der Waals surface area contributed by atoms with Crippen molar-refractivity contribution >= 4 is 28.2 Å². The predicted octanol–water partition coefficient (Wildman–Crippen LogP) is 4.11. The van der Waals surface area contributed by atoms with Crippen molar-refractivity contribution in [1.82, 2.24) is 9.55 Å². The number of rotatable bonds is 5. The highest BCUT2D eigenvalue weighted by Gasteiger charge is 2.15. The summed E-state index contributed by atoms with van der Waals surface area (Å²) < 4.78 is 12.6. The molecule has 4 aromatic rings. The Hall–Kier alpha value is -3.06. The molecule has 25 heavy (non-hydrogen) atoms. The van der Waals surface area contributed by atoms with Crippen LogP contribution in [0.5, 0.6) is 5.75 Å². The monoisotopic (exact) mass is 354 g/mol. The van der Waals surface area contributed by atoms with Crippen molar-refractivity contribution in [2.45, 2.75) is 6.54 Å². The van der Waals surface area contributed by atoms with Crippen LogP contribution < -0.4 is 4.74 Å². The van der Waals surface area contributed by atoms with Gasteiger partial charge in [0.2, 0.25) is 0 Å². The average Bonchev–Trinajstić information content (AvgIpc) is 3.34. The molecule has 0 atom stereocenters. The van der Waals surface area contributed by atoms with Crippen molar-refractivity contribution in [1.29, 1.82) is 0 Å². The maximum atomic E-state index is 11.1. The first kappa shape index (κ1) is 15.5. The van der Waals surface area contributed by atoms with Gasteiger partial charge in [0.15, 0.2) is 5.69 Å². The average molecular weight is 354 g/mol. The maximum Gasteiger partial charge on any atom is 0.355 e. The van der Waals surface area contributed by atoms with Crippen LogP contribution in [0.1, 0.15) is 15.5 Å². The lowest BCUT2D eigenvalue weighted by Gasteiger charge is -2.08. The molecule has 0 fully saturated rings. The summed E-state index contributed by atoms with van der Waals surface area (Å²) in [5, 5.41) is 12.4. The van der Waals surface area contributed by atoms with E-state index in [-0.39, 0.29) is 5.69 Å². The summed E-state index contributed by atoms with van der Waals surface area (Å²) >= 11 is 1.34. The van der Waals surface area contributed by atoms with Crippen molar-refractivity contribution < 1.29 is 19.1 Å². The first-order chi connectivity index (χ1) is 12.2. The molecule has 3 heterocycles. The van der Waals surface area contributed by atoms with Gasteiger partial charge in [-0.1, -0.05) is 0 Å². The maximum absolute atomic E-state index is 11.1. The van der Waals surface area contributed by atoms with Crippen LogP contribution in [0.3, 0.4) is 0 Å². The summed E-state index contributed by atoms with van der Waals surface area (Å²) in [5.41, 5.74) is 3.02. The molecule has 0 saturated carbocycles. The van der Waals surface area contributed by atoms with Crippen molar-refractivity contribution in [3.05, 3.63) is 58.9 Å². The number of fused-ring (bicyclic) bond motifs is 1. The van der Waals surface area contributed by atoms with Gasteiger partial charge in [0, 0.05) is 21.8 Å². The van der Waals surface area contributed by atoms with Gasteiger partial charge in [0.05, 0.1) is 31.9 Å². The molecule has 7 heteroatoms. The van der Waals surface area contributed by atoms with Gasteiger partial charge in [-0.05, 0) is 30.3 Å². The first-order valence-corrected chi connectivity index (χ1v) is 8.41. The zero-order valence-corrected chi connectivity index (χ0v) is 14.1. The Bertz CT molecular complexity index is 1050. The predicted molar refractivity (Wildman–Crippen MR) is 94.4 cm³/mol. The standard InChI is InChI=1S/C18H14N2O4S/c1-23-13-2-3-15-12(6-13)7-16(11-4-5-24-9-11)20(15)8-17-19-14(10-25-17)18(21)22/h2-7,9-10H,8H2,1H3,(H,21,22). The molecule has 0 amide bonds. The Labute approximate surface area is 146 Å². The number of carbonyl (C=O) groups is 1. The van der Waals surface area contributed by atoms with E-state index in [1.165, 1.54) is 11.3 Å². The molecule has 0 spiro atoms. The molecule has 0 bridgehead atoms. The fourth-order valence-corrected chi connectivity index (χ4v) is 3.57. The molecule has 0 aliphatic rings. The van der Waals surface area contributed by atoms with E-state index in [1.807, 2.05) is 24.3 Å². The summed E-state index contributed by atoms with van der Waals surface area (Å²) in [6.07, 6.45) is 3.32. The molecule has 1 aromatic carbocycles. The van der Waals surface area contributed by atoms with Gasteiger partial charge in [-0.3, -0.25) is 0 Å². The normalized spacial score (nSPS) is 11.1. The molecule has 1 N–H and O–H groups in total. The highest BCUT2D eigenvalue weighted by Crippen LogP contribution is 2.32. The molecule has 0 aliphatic heterocycles. The van der Waals surface area contributed by atoms with E-state index >= 15 is 0 Å². The number of furan rings is 1. The van der Waals surface area contributed by atoms with Crippen LogP contribution in [0.15, 0.2) is 52.7 Å². The minimum absolute atomic E-state index is 0.0722. The van der Waals surface area contributed by atoms with E-state index < -0.39 is 5.97 Å². The minimum Gasteiger partial charge on any atom is -0.497 e. The van der Waals surface area contributed by atoms with Gasteiger partial charge in [-0.15, -0.1) is 11.3 Å². The van der Waals surface area contributed by atoms with Crippen LogP contribution >= 0.6 is 11.3 Å². The summed E-state index contributed by atoms with van der Waals surface area (Å²) in [6.45, 7) is 0.480. The number of thiazole rings is 1. The molecular formula is C18H14N2O4S. The van der Waals surface area contributed by atoms with E-state index in [4.69, 9.17) is 14.3 Å². The Morgan fingerprint density at radius 3 is 2.92 bits per heavy atom. The van der Waals surface area contributed by atoms with Crippen LogP contribution in [0.25, 0.3) is 22.2 Å². The second kappa shape index (κ2) is 6.10. The molecule has 3 aromatic heterocycles. The van der Waals surface area contributed by atoms with E-state index in [2.05, 4.69) is 15.6 Å². The Balaban J connectivity index is 1.84. The van der Waals surface area contributed by atoms with Crippen molar-refractivity contribution in [3.8, 4) is 17.0 Å². The lowest BCUT2D eigenvalue weighted by atomic mass is 10.2. The number of benzene rings is 1. The van der Waals surface area contributed by atoms with E-state index in [1.54, 1.807) is 25.0 Å². The highest BCUT2D eigenvalue weighted by atomic mass is 32.1. The first-order valence-electron chi connectivity index (χ1n) is 7.53. The summed E-state index contributed by atoms with van der Waals surface area (Å²) in [5.74, 6) is -0.231. The number of aromatic nitrogens is 2. The van der Waals surface area contributed by atoms with Crippen molar-refractivity contribution in [2.75, 3.05) is 7.11 Å². The van der Waals surface area contributed by atoms with E-state index in [0.717, 1.165) is 32.9 Å². The van der Waals surface area contributed by atoms with Crippen molar-refractivity contribution in [3.63, 3.8) is 0 Å². The highest BCUT2D eigenvalue weighted by molar-refractivity contribution is 7.09. The summed E-state index contributed by atoms with van der Waals surface area (Å²) in [7, 11) is 1.64. The largest absolute Gasteiger partial charge is 0.497 e. The Kier molecular flexibility index (Phi) is 3.77. The Morgan fingerprint density at radius 1 is 1.36 bits per heavy atom. The lowest BCUT2D eigenvalue weighted by molar-refractivity contribution is 0.0691. The van der Waals surface area contributed by atoms with Crippen molar-refractivity contribution in [2.24, 2.45) is 0 Å². The number of ether oxygens (including phenoxy) is 1. The minimum atomic E-state index is -1.01. The van der Waals surface area contributed by atoms with Gasteiger partial charge in [0.1, 0.15) is 10.8 Å². The van der Waals surface area contributed by atoms with Crippen LogP contribution in [0.2, 0.25) is 0 Å². The molecule has 0 saturated heterocycles. The second-order valence-electron chi connectivity index (χ2n) is 5.48. The molecule has 126 valence electrons. The second-order valence-corrected chi connectivity index (χ2v) is 6.43. The van der Waals surface area contributed by atoms with Gasteiger partial charge in [0.25, 0.3) is 0 Å². The fraction of sp³-hybridized carbons (Fsp3) is 0.111. The lowest BCUT2D eigenvalue weighted by Crippen LogP contribution is -2.02. The van der Waals surface area contributed by atoms with Crippen LogP contribution in [0, 0.1) is 0 Å². The van der Waals surface area contributed by atoms with Gasteiger partial charge < -0.3 is 18.8 Å². The molecule has 4 rings (SSSR count). The van der Waals surface area contributed by atoms with Gasteiger partial charge in [-0.2, -0.15) is 0 Å². The zero-order valence-electron chi connectivity index (χ0n) is 13.3. The number of carboxylic acid groups (broad SMARTS) is 1. The molecule has 0 unspecified atom stereocenters. The SMILES string of the molecule is COc1ccc2c(c1)cc(-c1ccoc1)n2Cc1nc(C(=O)O)cs1. The topological polar surface area (TPSA) is 77.5 Å². The smallest absolute Gasteiger partial charge is 0.355 e. The molecule has 0 aliphatic carbocycles. The Morgan fingerprint density at radius 2 is 2.24 bits per heavy atom. The third-order valence-corrected chi connectivity index (χ3v) is 4.82. The molecule has 0 radical (unpaired) electrons. The zero-order chi connectivity index (χ0) is 17.4. The third kappa shape index (κ3) is 2.78. The molecule has 6 nitrogen and oxygen atoms in total. The number of methoxy groups -OCH3 is 1. The third-order valence-electron chi connectivity index (χ3n) is 3.99. The van der Waals surface area contributed by atoms with Gasteiger partial charge in [-0.25, -0.2) is 9.78 Å². The van der Waals surface area contributed by atoms with Crippen LogP contribution in [-0.2, 0) is 6.54 Å². The summed E-state index contributed by atoms with van der Waals surface area (Å²) in [6, 6.07) is 9.83. The number of carboxylic acids is 1. The number of hydrogen-bond acceptors (Lipinski definition) is 5. The number of nitrogens with zero attached hydrogens (tertiary/aromatic N) is 2. The van der Waals surface area contributed by atoms with Crippen LogP contribution in [0.4, 0.5) is 0 Å².